The lowest BCUT2D eigenvalue weighted by atomic mass is 9.86. The summed E-state index contributed by atoms with van der Waals surface area (Å²) in [5.74, 6) is 3.79. The lowest BCUT2D eigenvalue weighted by Crippen LogP contribution is -2.12. The number of allylic oxidation sites excluding steroid dienone is 3. The Hall–Kier alpha value is -0.520. The highest BCUT2D eigenvalue weighted by atomic mass is 14.4. The Labute approximate surface area is 95.5 Å². The molecule has 0 nitrogen and oxygen atoms in total. The second-order valence-corrected chi connectivity index (χ2v) is 5.10. The fourth-order valence-corrected chi connectivity index (χ4v) is 2.66. The highest BCUT2D eigenvalue weighted by Gasteiger charge is 2.38. The van der Waals surface area contributed by atoms with Gasteiger partial charge in [-0.1, -0.05) is 51.8 Å². The van der Waals surface area contributed by atoms with Crippen molar-refractivity contribution in [2.24, 2.45) is 23.7 Å². The quantitative estimate of drug-likeness (QED) is 0.458. The normalized spacial score (nSPS) is 36.2. The van der Waals surface area contributed by atoms with Crippen LogP contribution in [0.2, 0.25) is 0 Å². The van der Waals surface area contributed by atoms with Gasteiger partial charge >= 0.3 is 0 Å². The van der Waals surface area contributed by atoms with E-state index in [9.17, 15) is 0 Å². The van der Waals surface area contributed by atoms with E-state index < -0.39 is 0 Å². The molecule has 0 heterocycles. The predicted molar refractivity (Wildman–Crippen MR) is 68.8 cm³/mol. The topological polar surface area (TPSA) is 0 Å². The van der Waals surface area contributed by atoms with Crippen molar-refractivity contribution < 1.29 is 0 Å². The molecule has 2 rings (SSSR count). The molecular formula is C15H26. The first kappa shape index (κ1) is 12.5. The molecule has 0 aromatic carbocycles. The minimum absolute atomic E-state index is 0.935. The van der Waals surface area contributed by atoms with E-state index in [1.807, 2.05) is 6.08 Å². The van der Waals surface area contributed by atoms with Gasteiger partial charge in [-0.15, -0.1) is 6.58 Å². The second kappa shape index (κ2) is 6.15. The minimum atomic E-state index is 0.935. The number of unbranched alkanes of at least 4 members (excludes halogenated alkanes) is 2. The lowest BCUT2D eigenvalue weighted by molar-refractivity contribution is 0.364. The first-order chi connectivity index (χ1) is 7.20. The Morgan fingerprint density at radius 2 is 1.73 bits per heavy atom. The van der Waals surface area contributed by atoms with Crippen LogP contribution in [0.4, 0.5) is 0 Å². The highest BCUT2D eigenvalue weighted by molar-refractivity contribution is 5.11. The fourth-order valence-electron chi connectivity index (χ4n) is 2.66. The standard InChI is InChI=1S/C9H14.C6H12/c1-6-7(2)9-4-3-8(6)5-9;1-3-5-6-4-2/h3-4,6-9H,5H2,1-2H3;3H,1,4-6H2,2H3. The van der Waals surface area contributed by atoms with Crippen LogP contribution in [0.5, 0.6) is 0 Å². The van der Waals surface area contributed by atoms with Gasteiger partial charge in [-0.05, 0) is 36.5 Å². The number of fused-ring (bicyclic) bond motifs is 2. The summed E-state index contributed by atoms with van der Waals surface area (Å²) in [7, 11) is 0. The SMILES string of the molecule is C=CCCCC.CC1C2C=CC(C2)C1C. The summed E-state index contributed by atoms with van der Waals surface area (Å²) >= 11 is 0. The molecule has 15 heavy (non-hydrogen) atoms. The Kier molecular flexibility index (Phi) is 5.14. The molecule has 0 saturated heterocycles. The highest BCUT2D eigenvalue weighted by Crippen LogP contribution is 2.47. The zero-order valence-electron chi connectivity index (χ0n) is 10.6. The van der Waals surface area contributed by atoms with Crippen molar-refractivity contribution in [1.82, 2.24) is 0 Å². The van der Waals surface area contributed by atoms with Crippen molar-refractivity contribution in [3.63, 3.8) is 0 Å². The third kappa shape index (κ3) is 3.22. The van der Waals surface area contributed by atoms with Crippen molar-refractivity contribution >= 4 is 0 Å². The molecule has 2 bridgehead atoms. The fraction of sp³-hybridized carbons (Fsp3) is 0.733. The second-order valence-electron chi connectivity index (χ2n) is 5.10. The van der Waals surface area contributed by atoms with Crippen molar-refractivity contribution in [2.45, 2.75) is 46.5 Å². The maximum absolute atomic E-state index is 3.60. The Balaban J connectivity index is 0.000000167. The molecule has 0 aromatic rings. The molecule has 86 valence electrons. The molecule has 0 aliphatic heterocycles. The number of rotatable bonds is 3. The Bertz CT molecular complexity index is 198. The molecule has 0 aromatic heterocycles. The van der Waals surface area contributed by atoms with Crippen LogP contribution in [0.15, 0.2) is 24.8 Å². The summed E-state index contributed by atoms with van der Waals surface area (Å²) in [6, 6.07) is 0. The van der Waals surface area contributed by atoms with Crippen LogP contribution in [0.1, 0.15) is 46.5 Å². The average Bonchev–Trinajstić information content (AvgIpc) is 2.81. The van der Waals surface area contributed by atoms with Crippen molar-refractivity contribution in [3.8, 4) is 0 Å². The van der Waals surface area contributed by atoms with E-state index in [-0.39, 0.29) is 0 Å². The molecule has 0 radical (unpaired) electrons. The zero-order chi connectivity index (χ0) is 11.3. The summed E-state index contributed by atoms with van der Waals surface area (Å²) < 4.78 is 0. The molecule has 4 atom stereocenters. The number of hydrogen-bond donors (Lipinski definition) is 0. The van der Waals surface area contributed by atoms with Crippen LogP contribution < -0.4 is 0 Å². The third-order valence-corrected chi connectivity index (χ3v) is 4.09. The molecule has 0 amide bonds. The van der Waals surface area contributed by atoms with Crippen molar-refractivity contribution in [3.05, 3.63) is 24.8 Å². The largest absolute Gasteiger partial charge is 0.103 e. The van der Waals surface area contributed by atoms with Gasteiger partial charge in [-0.25, -0.2) is 0 Å². The summed E-state index contributed by atoms with van der Waals surface area (Å²) in [4.78, 5) is 0. The van der Waals surface area contributed by atoms with E-state index in [1.54, 1.807) is 0 Å². The molecule has 2 aliphatic rings. The van der Waals surface area contributed by atoms with Crippen LogP contribution in [-0.2, 0) is 0 Å². The lowest BCUT2D eigenvalue weighted by Gasteiger charge is -2.19. The predicted octanol–water partition coefficient (Wildman–Crippen LogP) is 4.83. The molecule has 1 saturated carbocycles. The van der Waals surface area contributed by atoms with E-state index in [2.05, 4.69) is 39.5 Å². The van der Waals surface area contributed by atoms with Crippen LogP contribution in [-0.4, -0.2) is 0 Å². The molecular weight excluding hydrogens is 180 g/mol. The maximum Gasteiger partial charge on any atom is -0.0199 e. The molecule has 0 N–H and O–H groups in total. The Morgan fingerprint density at radius 3 is 1.93 bits per heavy atom. The van der Waals surface area contributed by atoms with E-state index in [0.29, 0.717) is 0 Å². The van der Waals surface area contributed by atoms with Crippen LogP contribution >= 0.6 is 0 Å². The van der Waals surface area contributed by atoms with E-state index >= 15 is 0 Å². The van der Waals surface area contributed by atoms with Gasteiger partial charge in [-0.3, -0.25) is 0 Å². The molecule has 2 aliphatic carbocycles. The zero-order valence-corrected chi connectivity index (χ0v) is 10.6. The van der Waals surface area contributed by atoms with Gasteiger partial charge in [0.1, 0.15) is 0 Å². The summed E-state index contributed by atoms with van der Waals surface area (Å²) in [5, 5.41) is 0. The van der Waals surface area contributed by atoms with Gasteiger partial charge in [0.25, 0.3) is 0 Å². The monoisotopic (exact) mass is 206 g/mol. The van der Waals surface area contributed by atoms with E-state index in [1.165, 1.54) is 25.7 Å². The van der Waals surface area contributed by atoms with Gasteiger partial charge < -0.3 is 0 Å². The molecule has 4 unspecified atom stereocenters. The van der Waals surface area contributed by atoms with Gasteiger partial charge in [0.2, 0.25) is 0 Å². The molecule has 1 fully saturated rings. The van der Waals surface area contributed by atoms with Crippen molar-refractivity contribution in [1.29, 1.82) is 0 Å². The Morgan fingerprint density at radius 1 is 1.20 bits per heavy atom. The van der Waals surface area contributed by atoms with Crippen LogP contribution in [0.25, 0.3) is 0 Å². The van der Waals surface area contributed by atoms with Gasteiger partial charge in [-0.2, -0.15) is 0 Å². The van der Waals surface area contributed by atoms with Crippen molar-refractivity contribution in [2.75, 3.05) is 0 Å². The average molecular weight is 206 g/mol. The summed E-state index contributed by atoms with van der Waals surface area (Å²) in [6.45, 7) is 10.6. The van der Waals surface area contributed by atoms with Gasteiger partial charge in [0.05, 0.1) is 0 Å². The van der Waals surface area contributed by atoms with E-state index in [4.69, 9.17) is 0 Å². The van der Waals surface area contributed by atoms with Gasteiger partial charge in [0, 0.05) is 0 Å². The van der Waals surface area contributed by atoms with Gasteiger partial charge in [0.15, 0.2) is 0 Å². The van der Waals surface area contributed by atoms with E-state index in [0.717, 1.165) is 23.7 Å². The third-order valence-electron chi connectivity index (χ3n) is 4.09. The first-order valence-corrected chi connectivity index (χ1v) is 6.49. The summed E-state index contributed by atoms with van der Waals surface area (Å²) in [6.07, 6.45) is 12.0. The maximum atomic E-state index is 3.60. The summed E-state index contributed by atoms with van der Waals surface area (Å²) in [5.41, 5.74) is 0. The number of hydrogen-bond acceptors (Lipinski definition) is 0. The minimum Gasteiger partial charge on any atom is -0.103 e. The first-order valence-electron chi connectivity index (χ1n) is 6.49. The smallest absolute Gasteiger partial charge is 0.0199 e. The molecule has 0 heteroatoms. The molecule has 0 spiro atoms. The van der Waals surface area contributed by atoms with Crippen LogP contribution in [0.3, 0.4) is 0 Å². The van der Waals surface area contributed by atoms with Crippen LogP contribution in [0, 0.1) is 23.7 Å².